The van der Waals surface area contributed by atoms with Gasteiger partial charge < -0.3 is 11.1 Å². The van der Waals surface area contributed by atoms with Crippen LogP contribution >= 0.6 is 0 Å². The third-order valence-corrected chi connectivity index (χ3v) is 2.70. The van der Waals surface area contributed by atoms with Gasteiger partial charge in [-0.05, 0) is 12.3 Å². The lowest BCUT2D eigenvalue weighted by Crippen LogP contribution is -2.31. The van der Waals surface area contributed by atoms with Crippen LogP contribution in [0.3, 0.4) is 0 Å². The van der Waals surface area contributed by atoms with E-state index in [2.05, 4.69) is 15.3 Å². The highest BCUT2D eigenvalue weighted by molar-refractivity contribution is 5.42. The molecule has 0 bridgehead atoms. The molecular weight excluding hydrogens is 245 g/mol. The smallest absolute Gasteiger partial charge is 0.368 e. The highest BCUT2D eigenvalue weighted by atomic mass is 19.4. The minimum absolute atomic E-state index is 0.0621. The summed E-state index contributed by atoms with van der Waals surface area (Å²) in [6, 6.07) is 0.798. The Morgan fingerprint density at radius 2 is 1.78 bits per heavy atom. The molecule has 0 saturated carbocycles. The molecular formula is C11H17F3N4. The van der Waals surface area contributed by atoms with E-state index in [0.717, 1.165) is 6.07 Å². The maximum Gasteiger partial charge on any atom is 0.433 e. The quantitative estimate of drug-likeness (QED) is 0.860. The van der Waals surface area contributed by atoms with Crippen molar-refractivity contribution < 1.29 is 13.2 Å². The second-order valence-corrected chi connectivity index (χ2v) is 5.23. The molecule has 0 aliphatic carbocycles. The molecule has 1 unspecified atom stereocenters. The van der Waals surface area contributed by atoms with E-state index in [4.69, 9.17) is 5.73 Å². The molecule has 0 saturated heterocycles. The van der Waals surface area contributed by atoms with Gasteiger partial charge in [-0.3, -0.25) is 0 Å². The van der Waals surface area contributed by atoms with Gasteiger partial charge in [-0.2, -0.15) is 18.2 Å². The Bertz CT molecular complexity index is 423. The molecule has 0 aliphatic heterocycles. The van der Waals surface area contributed by atoms with Gasteiger partial charge in [0.05, 0.1) is 0 Å². The van der Waals surface area contributed by atoms with Gasteiger partial charge in [0.2, 0.25) is 5.95 Å². The molecule has 0 aliphatic rings. The van der Waals surface area contributed by atoms with Gasteiger partial charge in [0.1, 0.15) is 5.82 Å². The topological polar surface area (TPSA) is 63.8 Å². The molecule has 0 aromatic carbocycles. The van der Waals surface area contributed by atoms with E-state index in [9.17, 15) is 13.2 Å². The number of anilines is 2. The molecule has 1 aromatic rings. The van der Waals surface area contributed by atoms with E-state index in [-0.39, 0.29) is 17.3 Å². The van der Waals surface area contributed by atoms with Crippen LogP contribution in [0.25, 0.3) is 0 Å². The lowest BCUT2D eigenvalue weighted by molar-refractivity contribution is -0.141. The zero-order chi connectivity index (χ0) is 14.1. The molecule has 1 atom stereocenters. The van der Waals surface area contributed by atoms with Gasteiger partial charge in [-0.1, -0.05) is 20.8 Å². The summed E-state index contributed by atoms with van der Waals surface area (Å²) in [5.74, 6) is -0.314. The first-order valence-electron chi connectivity index (χ1n) is 5.48. The Kier molecular flexibility index (Phi) is 3.73. The normalized spacial score (nSPS) is 14.4. The van der Waals surface area contributed by atoms with E-state index >= 15 is 0 Å². The fourth-order valence-electron chi connectivity index (χ4n) is 1.12. The summed E-state index contributed by atoms with van der Waals surface area (Å²) in [7, 11) is 0. The summed E-state index contributed by atoms with van der Waals surface area (Å²) in [6.07, 6.45) is -4.53. The van der Waals surface area contributed by atoms with E-state index in [1.807, 2.05) is 27.7 Å². The third-order valence-electron chi connectivity index (χ3n) is 2.70. The predicted molar refractivity (Wildman–Crippen MR) is 64.0 cm³/mol. The Morgan fingerprint density at radius 3 is 2.22 bits per heavy atom. The SMILES string of the molecule is CC(Nc1cc(C(F)(F)F)nc(N)n1)C(C)(C)C. The molecule has 1 rings (SSSR count). The van der Waals surface area contributed by atoms with Gasteiger partial charge in [0, 0.05) is 12.1 Å². The summed E-state index contributed by atoms with van der Waals surface area (Å²) in [4.78, 5) is 6.93. The highest BCUT2D eigenvalue weighted by Crippen LogP contribution is 2.30. The molecule has 3 N–H and O–H groups in total. The first-order chi connectivity index (χ1) is 8.00. The van der Waals surface area contributed by atoms with Crippen LogP contribution in [0.15, 0.2) is 6.07 Å². The van der Waals surface area contributed by atoms with Crippen molar-refractivity contribution in [2.75, 3.05) is 11.1 Å². The lowest BCUT2D eigenvalue weighted by Gasteiger charge is -2.28. The van der Waals surface area contributed by atoms with Crippen LogP contribution in [-0.2, 0) is 6.18 Å². The summed E-state index contributed by atoms with van der Waals surface area (Å²) >= 11 is 0. The first kappa shape index (κ1) is 14.5. The lowest BCUT2D eigenvalue weighted by atomic mass is 9.88. The number of hydrogen-bond donors (Lipinski definition) is 2. The van der Waals surface area contributed by atoms with E-state index in [1.54, 1.807) is 0 Å². The van der Waals surface area contributed by atoms with Crippen LogP contribution in [0.5, 0.6) is 0 Å². The number of nitrogens with two attached hydrogens (primary N) is 1. The van der Waals surface area contributed by atoms with Crippen LogP contribution in [0.1, 0.15) is 33.4 Å². The summed E-state index contributed by atoms with van der Waals surface area (Å²) in [5.41, 5.74) is 4.12. The van der Waals surface area contributed by atoms with Crippen molar-refractivity contribution in [1.82, 2.24) is 9.97 Å². The average Bonchev–Trinajstić information content (AvgIpc) is 2.13. The van der Waals surface area contributed by atoms with Gasteiger partial charge in [-0.15, -0.1) is 0 Å². The molecule has 18 heavy (non-hydrogen) atoms. The van der Waals surface area contributed by atoms with Gasteiger partial charge in [-0.25, -0.2) is 4.98 Å². The number of nitrogen functional groups attached to an aromatic ring is 1. The van der Waals surface area contributed by atoms with Crippen molar-refractivity contribution in [2.45, 2.75) is 39.9 Å². The zero-order valence-corrected chi connectivity index (χ0v) is 10.8. The van der Waals surface area contributed by atoms with Crippen molar-refractivity contribution in [2.24, 2.45) is 5.41 Å². The van der Waals surface area contributed by atoms with Crippen molar-refractivity contribution in [3.63, 3.8) is 0 Å². The first-order valence-corrected chi connectivity index (χ1v) is 5.48. The molecule has 102 valence electrons. The Balaban J connectivity index is 3.01. The van der Waals surface area contributed by atoms with Crippen molar-refractivity contribution >= 4 is 11.8 Å². The van der Waals surface area contributed by atoms with Crippen LogP contribution in [-0.4, -0.2) is 16.0 Å². The Hall–Kier alpha value is -1.53. The molecule has 0 spiro atoms. The second kappa shape index (κ2) is 4.62. The third kappa shape index (κ3) is 3.75. The van der Waals surface area contributed by atoms with Crippen LogP contribution in [0, 0.1) is 5.41 Å². The van der Waals surface area contributed by atoms with Crippen molar-refractivity contribution in [3.05, 3.63) is 11.8 Å². The number of nitrogens with zero attached hydrogens (tertiary/aromatic N) is 2. The summed E-state index contributed by atoms with van der Waals surface area (Å²) in [5, 5.41) is 2.90. The molecule has 1 heterocycles. The second-order valence-electron chi connectivity index (χ2n) is 5.23. The maximum absolute atomic E-state index is 12.5. The minimum atomic E-state index is -4.53. The van der Waals surface area contributed by atoms with Crippen molar-refractivity contribution in [1.29, 1.82) is 0 Å². The standard InChI is InChI=1S/C11H17F3N4/c1-6(10(2,3)4)16-8-5-7(11(12,13)14)17-9(15)18-8/h5-6H,1-4H3,(H3,15,16,17,18). The van der Waals surface area contributed by atoms with E-state index in [0.29, 0.717) is 0 Å². The molecule has 0 fully saturated rings. The van der Waals surface area contributed by atoms with E-state index < -0.39 is 17.8 Å². The number of aromatic nitrogens is 2. The molecule has 7 heteroatoms. The maximum atomic E-state index is 12.5. The van der Waals surface area contributed by atoms with Crippen LogP contribution in [0.4, 0.5) is 24.9 Å². The van der Waals surface area contributed by atoms with Gasteiger partial charge in [0.25, 0.3) is 0 Å². The highest BCUT2D eigenvalue weighted by Gasteiger charge is 2.33. The zero-order valence-electron chi connectivity index (χ0n) is 10.8. The fraction of sp³-hybridized carbons (Fsp3) is 0.636. The van der Waals surface area contributed by atoms with Crippen LogP contribution < -0.4 is 11.1 Å². The molecule has 0 amide bonds. The summed E-state index contributed by atoms with van der Waals surface area (Å²) in [6.45, 7) is 7.78. The van der Waals surface area contributed by atoms with Crippen molar-refractivity contribution in [3.8, 4) is 0 Å². The largest absolute Gasteiger partial charge is 0.433 e. The van der Waals surface area contributed by atoms with Gasteiger partial charge >= 0.3 is 6.18 Å². The molecule has 4 nitrogen and oxygen atoms in total. The number of hydrogen-bond acceptors (Lipinski definition) is 4. The average molecular weight is 262 g/mol. The number of halogens is 3. The predicted octanol–water partition coefficient (Wildman–Crippen LogP) is 2.92. The molecule has 0 radical (unpaired) electrons. The summed E-state index contributed by atoms with van der Waals surface area (Å²) < 4.78 is 37.6. The van der Waals surface area contributed by atoms with Gasteiger partial charge in [0.15, 0.2) is 5.69 Å². The molecule has 1 aromatic heterocycles. The number of nitrogens with one attached hydrogen (secondary N) is 1. The van der Waals surface area contributed by atoms with Crippen LogP contribution in [0.2, 0.25) is 0 Å². The number of rotatable bonds is 2. The Labute approximate surface area is 104 Å². The number of alkyl halides is 3. The minimum Gasteiger partial charge on any atom is -0.368 e. The monoisotopic (exact) mass is 262 g/mol. The van der Waals surface area contributed by atoms with E-state index in [1.165, 1.54) is 0 Å². The Morgan fingerprint density at radius 1 is 1.22 bits per heavy atom. The fourth-order valence-corrected chi connectivity index (χ4v) is 1.12.